The summed E-state index contributed by atoms with van der Waals surface area (Å²) in [6.45, 7) is 3.01. The van der Waals surface area contributed by atoms with Crippen LogP contribution in [0, 0.1) is 24.0 Å². The third kappa shape index (κ3) is 3.48. The van der Waals surface area contributed by atoms with E-state index in [1.807, 2.05) is 0 Å². The molecule has 0 saturated carbocycles. The molecule has 8 nitrogen and oxygen atoms in total. The van der Waals surface area contributed by atoms with Crippen LogP contribution in [-0.4, -0.2) is 25.2 Å². The van der Waals surface area contributed by atoms with Gasteiger partial charge in [0.15, 0.2) is 0 Å². The maximum Gasteiger partial charge on any atom is 0.573 e. The van der Waals surface area contributed by atoms with Gasteiger partial charge in [-0.25, -0.2) is 0 Å². The average molecular weight is 382 g/mol. The minimum absolute atomic E-state index is 0.129. The smallest absolute Gasteiger partial charge is 0.405 e. The van der Waals surface area contributed by atoms with Crippen LogP contribution in [0.4, 0.5) is 19.0 Å². The van der Waals surface area contributed by atoms with Crippen molar-refractivity contribution >= 4 is 11.5 Å². The van der Waals surface area contributed by atoms with Crippen molar-refractivity contribution in [3.63, 3.8) is 0 Å². The van der Waals surface area contributed by atoms with Crippen LogP contribution in [0.5, 0.6) is 5.75 Å². The quantitative estimate of drug-likeness (QED) is 0.511. The Bertz CT molecular complexity index is 1100. The van der Waals surface area contributed by atoms with Crippen LogP contribution in [0.15, 0.2) is 35.3 Å². The zero-order chi connectivity index (χ0) is 19.9. The molecular formula is C16H13F3N4O4. The predicted molar refractivity (Wildman–Crippen MR) is 87.8 cm³/mol. The number of hydrogen-bond donors (Lipinski definition) is 0. The Balaban J connectivity index is 2.14. The van der Waals surface area contributed by atoms with Gasteiger partial charge in [-0.3, -0.25) is 9.20 Å². The largest absolute Gasteiger partial charge is 0.573 e. The van der Waals surface area contributed by atoms with E-state index in [4.69, 9.17) is 0 Å². The molecular weight excluding hydrogens is 369 g/mol. The zero-order valence-electron chi connectivity index (χ0n) is 14.1. The van der Waals surface area contributed by atoms with Gasteiger partial charge in [0.2, 0.25) is 0 Å². The van der Waals surface area contributed by atoms with E-state index in [1.54, 1.807) is 13.8 Å². The van der Waals surface area contributed by atoms with Crippen molar-refractivity contribution in [2.45, 2.75) is 26.8 Å². The standard InChI is InChI=1S/C16H13F3N4O4/c1-9-10(2)22(15(24)14-20-13(23(25)26)8-21(9)14)7-11-5-3-4-6-12(11)27-16(17,18)19/h3-6,8H,7H2,1-2H3. The molecule has 2 aromatic heterocycles. The number of ether oxygens (including phenoxy) is 1. The van der Waals surface area contributed by atoms with Gasteiger partial charge in [-0.05, 0) is 29.8 Å². The van der Waals surface area contributed by atoms with Crippen LogP contribution in [0.2, 0.25) is 0 Å². The molecule has 0 radical (unpaired) electrons. The van der Waals surface area contributed by atoms with E-state index in [9.17, 15) is 28.1 Å². The molecule has 0 unspecified atom stereocenters. The number of nitrogens with zero attached hydrogens (tertiary/aromatic N) is 4. The molecule has 0 N–H and O–H groups in total. The summed E-state index contributed by atoms with van der Waals surface area (Å²) in [5.41, 5.74) is 0.220. The van der Waals surface area contributed by atoms with Crippen LogP contribution in [0.1, 0.15) is 17.0 Å². The monoisotopic (exact) mass is 382 g/mol. The highest BCUT2D eigenvalue weighted by molar-refractivity contribution is 5.45. The van der Waals surface area contributed by atoms with Crippen molar-refractivity contribution in [2.24, 2.45) is 0 Å². The van der Waals surface area contributed by atoms with Crippen molar-refractivity contribution in [1.82, 2.24) is 14.0 Å². The number of imidazole rings is 1. The highest BCUT2D eigenvalue weighted by Crippen LogP contribution is 2.27. The lowest BCUT2D eigenvalue weighted by molar-refractivity contribution is -0.389. The molecule has 142 valence electrons. The SMILES string of the molecule is Cc1c(C)n2cc([N+](=O)[O-])nc2c(=O)n1Cc1ccccc1OC(F)(F)F. The van der Waals surface area contributed by atoms with E-state index in [0.717, 1.165) is 12.3 Å². The molecule has 0 aliphatic heterocycles. The Morgan fingerprint density at radius 2 is 1.89 bits per heavy atom. The summed E-state index contributed by atoms with van der Waals surface area (Å²) in [6.07, 6.45) is -3.75. The summed E-state index contributed by atoms with van der Waals surface area (Å²) in [5.74, 6) is -0.920. The summed E-state index contributed by atoms with van der Waals surface area (Å²) in [5, 5.41) is 10.9. The lowest BCUT2D eigenvalue weighted by Gasteiger charge is -2.16. The Morgan fingerprint density at radius 1 is 1.22 bits per heavy atom. The van der Waals surface area contributed by atoms with E-state index in [1.165, 1.54) is 27.2 Å². The minimum atomic E-state index is -4.88. The summed E-state index contributed by atoms with van der Waals surface area (Å²) >= 11 is 0. The van der Waals surface area contributed by atoms with Gasteiger partial charge in [0.1, 0.15) is 11.9 Å². The van der Waals surface area contributed by atoms with Crippen LogP contribution in [0.3, 0.4) is 0 Å². The van der Waals surface area contributed by atoms with Gasteiger partial charge in [-0.1, -0.05) is 18.2 Å². The molecule has 3 rings (SSSR count). The number of aromatic nitrogens is 3. The van der Waals surface area contributed by atoms with Crippen LogP contribution >= 0.6 is 0 Å². The first-order chi connectivity index (χ1) is 12.6. The van der Waals surface area contributed by atoms with E-state index in [-0.39, 0.29) is 17.8 Å². The van der Waals surface area contributed by atoms with Gasteiger partial charge in [0.05, 0.1) is 6.54 Å². The van der Waals surface area contributed by atoms with Crippen molar-refractivity contribution < 1.29 is 22.8 Å². The second kappa shape index (κ2) is 6.41. The predicted octanol–water partition coefficient (Wildman–Crippen LogP) is 2.97. The topological polar surface area (TPSA) is 91.7 Å². The maximum absolute atomic E-state index is 12.7. The third-order valence-corrected chi connectivity index (χ3v) is 4.13. The van der Waals surface area contributed by atoms with Crippen molar-refractivity contribution in [1.29, 1.82) is 0 Å². The molecule has 27 heavy (non-hydrogen) atoms. The van der Waals surface area contributed by atoms with Gasteiger partial charge < -0.3 is 19.4 Å². The summed E-state index contributed by atoms with van der Waals surface area (Å²) < 4.78 is 44.3. The second-order valence-electron chi connectivity index (χ2n) is 5.77. The first kappa shape index (κ1) is 18.4. The Hall–Kier alpha value is -3.37. The Labute approximate surface area is 149 Å². The van der Waals surface area contributed by atoms with E-state index >= 15 is 0 Å². The Morgan fingerprint density at radius 3 is 2.52 bits per heavy atom. The van der Waals surface area contributed by atoms with E-state index < -0.39 is 28.4 Å². The van der Waals surface area contributed by atoms with Crippen molar-refractivity contribution in [3.8, 4) is 5.75 Å². The molecule has 0 saturated heterocycles. The number of aryl methyl sites for hydroxylation is 1. The maximum atomic E-state index is 12.7. The van der Waals surface area contributed by atoms with Gasteiger partial charge in [-0.15, -0.1) is 13.2 Å². The second-order valence-corrected chi connectivity index (χ2v) is 5.77. The third-order valence-electron chi connectivity index (χ3n) is 4.13. The summed E-state index contributed by atoms with van der Waals surface area (Å²) in [4.78, 5) is 26.7. The molecule has 0 spiro atoms. The number of alkyl halides is 3. The summed E-state index contributed by atoms with van der Waals surface area (Å²) in [6, 6.07) is 5.45. The van der Waals surface area contributed by atoms with E-state index in [0.29, 0.717) is 11.4 Å². The first-order valence-corrected chi connectivity index (χ1v) is 7.65. The lowest BCUT2D eigenvalue weighted by atomic mass is 10.2. The first-order valence-electron chi connectivity index (χ1n) is 7.65. The zero-order valence-corrected chi connectivity index (χ0v) is 14.1. The van der Waals surface area contributed by atoms with Crippen LogP contribution in [-0.2, 0) is 6.54 Å². The fourth-order valence-electron chi connectivity index (χ4n) is 2.72. The molecule has 11 heteroatoms. The Kier molecular flexibility index (Phi) is 4.38. The highest BCUT2D eigenvalue weighted by atomic mass is 19.4. The van der Waals surface area contributed by atoms with Gasteiger partial charge in [-0.2, -0.15) is 0 Å². The summed E-state index contributed by atoms with van der Waals surface area (Å²) in [7, 11) is 0. The van der Waals surface area contributed by atoms with Gasteiger partial charge >= 0.3 is 23.4 Å². The van der Waals surface area contributed by atoms with Gasteiger partial charge in [0.25, 0.3) is 0 Å². The molecule has 1 aromatic carbocycles. The fourth-order valence-corrected chi connectivity index (χ4v) is 2.72. The normalized spacial score (nSPS) is 11.7. The number of halogens is 3. The van der Waals surface area contributed by atoms with Gasteiger partial charge in [0, 0.05) is 17.0 Å². The number of nitro groups is 1. The number of para-hydroxylation sites is 1. The molecule has 2 heterocycles. The number of hydrogen-bond acceptors (Lipinski definition) is 5. The number of rotatable bonds is 4. The van der Waals surface area contributed by atoms with Crippen molar-refractivity contribution in [2.75, 3.05) is 0 Å². The number of benzene rings is 1. The lowest BCUT2D eigenvalue weighted by Crippen LogP contribution is -2.27. The fraction of sp³-hybridized carbons (Fsp3) is 0.250. The molecule has 0 aliphatic carbocycles. The molecule has 0 bridgehead atoms. The van der Waals surface area contributed by atoms with Crippen LogP contribution < -0.4 is 10.3 Å². The minimum Gasteiger partial charge on any atom is -0.405 e. The average Bonchev–Trinajstić information content (AvgIpc) is 3.03. The molecule has 0 aliphatic rings. The molecule has 0 amide bonds. The molecule has 0 atom stereocenters. The van der Waals surface area contributed by atoms with Crippen LogP contribution in [0.25, 0.3) is 5.65 Å². The van der Waals surface area contributed by atoms with Crippen molar-refractivity contribution in [3.05, 3.63) is 67.9 Å². The number of fused-ring (bicyclic) bond motifs is 1. The van der Waals surface area contributed by atoms with E-state index in [2.05, 4.69) is 9.72 Å². The molecule has 0 fully saturated rings. The molecule has 3 aromatic rings. The highest BCUT2D eigenvalue weighted by Gasteiger charge is 2.32.